The van der Waals surface area contributed by atoms with Crippen LogP contribution in [0.2, 0.25) is 0 Å². The zero-order valence-corrected chi connectivity index (χ0v) is 16.8. The zero-order valence-electron chi connectivity index (χ0n) is 16.8. The predicted molar refractivity (Wildman–Crippen MR) is 102 cm³/mol. The highest BCUT2D eigenvalue weighted by Gasteiger charge is 2.39. The summed E-state index contributed by atoms with van der Waals surface area (Å²) in [5.41, 5.74) is -2.78. The molecule has 0 aliphatic carbocycles. The Hall–Kier alpha value is -3.77. The van der Waals surface area contributed by atoms with Crippen LogP contribution in [0.3, 0.4) is 0 Å². The summed E-state index contributed by atoms with van der Waals surface area (Å²) in [6, 6.07) is 2.58. The standard InChI is InChI=1S/C19H16F4N6O3/c1-9(2)27-7-11-16(18(27)32)28(8-14(30)25-13-4-3-10(20)6-24-13)15-5-12(19(21,22)23)26-29(15)17(11)31/h3-6,9H,7-8H2,1-2H3,(H,24,25,30). The van der Waals surface area contributed by atoms with Gasteiger partial charge in [0.2, 0.25) is 5.91 Å². The van der Waals surface area contributed by atoms with Gasteiger partial charge in [0.05, 0.1) is 18.3 Å². The fraction of sp³-hybridized carbons (Fsp3) is 0.316. The number of halogens is 4. The lowest BCUT2D eigenvalue weighted by Gasteiger charge is -2.20. The zero-order chi connectivity index (χ0) is 23.4. The summed E-state index contributed by atoms with van der Waals surface area (Å²) >= 11 is 0. The second-order valence-electron chi connectivity index (χ2n) is 7.45. The van der Waals surface area contributed by atoms with Crippen molar-refractivity contribution in [2.45, 2.75) is 39.2 Å². The molecule has 0 atom stereocenters. The molecular formula is C19H16F4N6O3. The Labute approximate surface area is 177 Å². The third-order valence-electron chi connectivity index (χ3n) is 4.98. The van der Waals surface area contributed by atoms with Crippen molar-refractivity contribution in [3.63, 3.8) is 0 Å². The molecule has 32 heavy (non-hydrogen) atoms. The Bertz CT molecular complexity index is 1290. The lowest BCUT2D eigenvalue weighted by molar-refractivity contribution is -0.141. The molecule has 0 radical (unpaired) electrons. The molecular weight excluding hydrogens is 436 g/mol. The van der Waals surface area contributed by atoms with E-state index in [9.17, 15) is 31.9 Å². The minimum absolute atomic E-state index is 0.00438. The molecule has 9 nitrogen and oxygen atoms in total. The van der Waals surface area contributed by atoms with E-state index in [1.165, 1.54) is 11.0 Å². The number of hydrogen-bond acceptors (Lipinski definition) is 5. The van der Waals surface area contributed by atoms with Crippen LogP contribution in [-0.4, -0.2) is 41.9 Å². The summed E-state index contributed by atoms with van der Waals surface area (Å²) in [5, 5.41) is 5.74. The Morgan fingerprint density at radius 3 is 2.56 bits per heavy atom. The molecule has 0 unspecified atom stereocenters. The Kier molecular flexibility index (Phi) is 4.98. The van der Waals surface area contributed by atoms with Crippen LogP contribution < -0.4 is 10.9 Å². The van der Waals surface area contributed by atoms with Crippen molar-refractivity contribution in [2.75, 3.05) is 5.32 Å². The highest BCUT2D eigenvalue weighted by Crippen LogP contribution is 2.30. The average molecular weight is 452 g/mol. The van der Waals surface area contributed by atoms with E-state index in [1.54, 1.807) is 13.8 Å². The first-order valence-electron chi connectivity index (χ1n) is 9.42. The van der Waals surface area contributed by atoms with Crippen LogP contribution in [0.5, 0.6) is 0 Å². The maximum absolute atomic E-state index is 13.2. The number of aromatic nitrogens is 4. The molecule has 4 rings (SSSR count). The summed E-state index contributed by atoms with van der Waals surface area (Å²) in [7, 11) is 0. The van der Waals surface area contributed by atoms with Gasteiger partial charge >= 0.3 is 6.18 Å². The van der Waals surface area contributed by atoms with Crippen LogP contribution in [0.4, 0.5) is 23.4 Å². The van der Waals surface area contributed by atoms with E-state index >= 15 is 0 Å². The van der Waals surface area contributed by atoms with E-state index in [4.69, 9.17) is 0 Å². The van der Waals surface area contributed by atoms with Gasteiger partial charge in [-0.1, -0.05) is 0 Å². The molecule has 0 saturated heterocycles. The largest absolute Gasteiger partial charge is 0.435 e. The molecule has 0 saturated carbocycles. The first-order valence-corrected chi connectivity index (χ1v) is 9.42. The number of fused-ring (bicyclic) bond motifs is 2. The number of hydrogen-bond donors (Lipinski definition) is 1. The third-order valence-corrected chi connectivity index (χ3v) is 4.98. The number of nitrogens with one attached hydrogen (secondary N) is 1. The molecule has 1 aliphatic heterocycles. The van der Waals surface area contributed by atoms with Crippen LogP contribution in [0.25, 0.3) is 5.65 Å². The van der Waals surface area contributed by atoms with Gasteiger partial charge in [-0.25, -0.2) is 9.37 Å². The van der Waals surface area contributed by atoms with Gasteiger partial charge in [0.25, 0.3) is 11.5 Å². The summed E-state index contributed by atoms with van der Waals surface area (Å²) in [6.45, 7) is 2.71. The average Bonchev–Trinajstić information content (AvgIpc) is 3.30. The molecule has 3 aromatic heterocycles. The highest BCUT2D eigenvalue weighted by molar-refractivity contribution is 5.98. The van der Waals surface area contributed by atoms with Crippen LogP contribution in [-0.2, 0) is 24.1 Å². The molecule has 0 bridgehead atoms. The Balaban J connectivity index is 1.84. The minimum Gasteiger partial charge on any atom is -0.330 e. The van der Waals surface area contributed by atoms with Crippen molar-refractivity contribution in [3.05, 3.63) is 57.5 Å². The fourth-order valence-electron chi connectivity index (χ4n) is 3.48. The van der Waals surface area contributed by atoms with E-state index in [-0.39, 0.29) is 35.3 Å². The predicted octanol–water partition coefficient (Wildman–Crippen LogP) is 2.05. The molecule has 0 fully saturated rings. The SMILES string of the molecule is CC(C)N1Cc2c(n(CC(=O)Nc3ccc(F)cn3)c3cc(C(F)(F)F)nn3c2=O)C1=O. The fourth-order valence-corrected chi connectivity index (χ4v) is 3.48. The van der Waals surface area contributed by atoms with Crippen molar-refractivity contribution in [2.24, 2.45) is 0 Å². The quantitative estimate of drug-likeness (QED) is 0.611. The minimum atomic E-state index is -4.84. The number of anilines is 1. The Morgan fingerprint density at radius 2 is 1.97 bits per heavy atom. The number of alkyl halides is 3. The van der Waals surface area contributed by atoms with Gasteiger partial charge in [0.1, 0.15) is 29.5 Å². The van der Waals surface area contributed by atoms with E-state index in [2.05, 4.69) is 15.4 Å². The molecule has 0 spiro atoms. The normalized spacial score (nSPS) is 13.8. The van der Waals surface area contributed by atoms with Gasteiger partial charge in [-0.05, 0) is 26.0 Å². The van der Waals surface area contributed by atoms with E-state index < -0.39 is 41.6 Å². The van der Waals surface area contributed by atoms with E-state index in [0.29, 0.717) is 10.6 Å². The number of amides is 2. The molecule has 13 heteroatoms. The first-order chi connectivity index (χ1) is 15.0. The molecule has 168 valence electrons. The molecule has 1 aliphatic rings. The number of rotatable bonds is 4. The van der Waals surface area contributed by atoms with Gasteiger partial charge in [-0.15, -0.1) is 0 Å². The second kappa shape index (κ2) is 7.43. The van der Waals surface area contributed by atoms with Crippen molar-refractivity contribution in [1.29, 1.82) is 0 Å². The molecule has 2 amide bonds. The number of carbonyl (C=O) groups is 2. The van der Waals surface area contributed by atoms with Crippen LogP contribution in [0, 0.1) is 5.82 Å². The highest BCUT2D eigenvalue weighted by atomic mass is 19.4. The third kappa shape index (κ3) is 3.59. The van der Waals surface area contributed by atoms with Crippen LogP contribution in [0.1, 0.15) is 35.6 Å². The van der Waals surface area contributed by atoms with Crippen LogP contribution in [0.15, 0.2) is 29.2 Å². The summed E-state index contributed by atoms with van der Waals surface area (Å²) < 4.78 is 54.3. The lowest BCUT2D eigenvalue weighted by atomic mass is 10.2. The summed E-state index contributed by atoms with van der Waals surface area (Å²) in [5.74, 6) is -1.95. The van der Waals surface area contributed by atoms with Gasteiger partial charge in [0, 0.05) is 12.1 Å². The van der Waals surface area contributed by atoms with Crippen molar-refractivity contribution < 1.29 is 27.2 Å². The summed E-state index contributed by atoms with van der Waals surface area (Å²) in [6.07, 6.45) is -3.96. The second-order valence-corrected chi connectivity index (χ2v) is 7.45. The first kappa shape index (κ1) is 21.5. The van der Waals surface area contributed by atoms with E-state index in [1.807, 2.05) is 0 Å². The van der Waals surface area contributed by atoms with Gasteiger partial charge in [-0.3, -0.25) is 14.4 Å². The van der Waals surface area contributed by atoms with E-state index in [0.717, 1.165) is 16.8 Å². The molecule has 3 aromatic rings. The molecule has 0 aromatic carbocycles. The monoisotopic (exact) mass is 452 g/mol. The number of pyridine rings is 1. The maximum Gasteiger partial charge on any atom is 0.435 e. The molecule has 1 N–H and O–H groups in total. The lowest BCUT2D eigenvalue weighted by Crippen LogP contribution is -2.32. The topological polar surface area (TPSA) is 102 Å². The summed E-state index contributed by atoms with van der Waals surface area (Å²) in [4.78, 5) is 43.4. The number of nitrogens with zero attached hydrogens (tertiary/aromatic N) is 5. The Morgan fingerprint density at radius 1 is 1.25 bits per heavy atom. The van der Waals surface area contributed by atoms with Crippen LogP contribution >= 0.6 is 0 Å². The van der Waals surface area contributed by atoms with Gasteiger partial charge in [0.15, 0.2) is 5.69 Å². The maximum atomic E-state index is 13.2. The smallest absolute Gasteiger partial charge is 0.330 e. The van der Waals surface area contributed by atoms with Crippen molar-refractivity contribution in [3.8, 4) is 0 Å². The van der Waals surface area contributed by atoms with Crippen molar-refractivity contribution in [1.82, 2.24) is 24.1 Å². The molecule has 4 heterocycles. The number of carbonyl (C=O) groups excluding carboxylic acids is 2. The van der Waals surface area contributed by atoms with Gasteiger partial charge in [-0.2, -0.15) is 22.8 Å². The van der Waals surface area contributed by atoms with Crippen molar-refractivity contribution >= 4 is 23.3 Å². The van der Waals surface area contributed by atoms with Gasteiger partial charge < -0.3 is 14.8 Å².